The van der Waals surface area contributed by atoms with Crippen molar-refractivity contribution in [3.8, 4) is 5.75 Å². The quantitative estimate of drug-likeness (QED) is 0.809. The molecule has 3 N–H and O–H groups in total. The third kappa shape index (κ3) is 3.39. The van der Waals surface area contributed by atoms with Gasteiger partial charge in [-0.3, -0.25) is 0 Å². The number of methoxy groups -OCH3 is 2. The SMILES string of the molecule is COCc1cccc(Nc2cc(OC)ccc2N)c1. The number of rotatable bonds is 5. The molecule has 4 heteroatoms. The zero-order chi connectivity index (χ0) is 13.7. The van der Waals surface area contributed by atoms with Crippen LogP contribution in [0, 0.1) is 0 Å². The Hall–Kier alpha value is -2.20. The van der Waals surface area contributed by atoms with E-state index in [9.17, 15) is 0 Å². The summed E-state index contributed by atoms with van der Waals surface area (Å²) < 4.78 is 10.3. The van der Waals surface area contributed by atoms with Crippen LogP contribution in [0.5, 0.6) is 5.75 Å². The van der Waals surface area contributed by atoms with Crippen LogP contribution in [-0.4, -0.2) is 14.2 Å². The van der Waals surface area contributed by atoms with Crippen LogP contribution < -0.4 is 15.8 Å². The highest BCUT2D eigenvalue weighted by Gasteiger charge is 2.03. The minimum absolute atomic E-state index is 0.586. The van der Waals surface area contributed by atoms with Gasteiger partial charge < -0.3 is 20.5 Å². The van der Waals surface area contributed by atoms with Crippen molar-refractivity contribution >= 4 is 17.1 Å². The number of ether oxygens (including phenoxy) is 2. The maximum atomic E-state index is 5.95. The summed E-state index contributed by atoms with van der Waals surface area (Å²) in [5.41, 5.74) is 9.52. The Morgan fingerprint density at radius 2 is 1.95 bits per heavy atom. The van der Waals surface area contributed by atoms with Crippen LogP contribution in [-0.2, 0) is 11.3 Å². The van der Waals surface area contributed by atoms with Crippen LogP contribution in [0.4, 0.5) is 17.1 Å². The highest BCUT2D eigenvalue weighted by atomic mass is 16.5. The molecule has 0 atom stereocenters. The Morgan fingerprint density at radius 1 is 1.11 bits per heavy atom. The van der Waals surface area contributed by atoms with Crippen LogP contribution in [0.3, 0.4) is 0 Å². The van der Waals surface area contributed by atoms with Crippen molar-refractivity contribution in [1.29, 1.82) is 0 Å². The first kappa shape index (κ1) is 13.2. The van der Waals surface area contributed by atoms with Gasteiger partial charge in [0, 0.05) is 18.9 Å². The molecule has 4 nitrogen and oxygen atoms in total. The lowest BCUT2D eigenvalue weighted by Gasteiger charge is -2.12. The molecular weight excluding hydrogens is 240 g/mol. The van der Waals surface area contributed by atoms with Crippen molar-refractivity contribution in [3.63, 3.8) is 0 Å². The minimum atomic E-state index is 0.586. The van der Waals surface area contributed by atoms with Crippen molar-refractivity contribution < 1.29 is 9.47 Å². The maximum Gasteiger partial charge on any atom is 0.121 e. The molecule has 0 saturated carbocycles. The van der Waals surface area contributed by atoms with Crippen molar-refractivity contribution in [2.45, 2.75) is 6.61 Å². The molecule has 0 aliphatic heterocycles. The van der Waals surface area contributed by atoms with Gasteiger partial charge in [0.2, 0.25) is 0 Å². The number of hydrogen-bond donors (Lipinski definition) is 2. The molecule has 0 aromatic heterocycles. The third-order valence-electron chi connectivity index (χ3n) is 2.78. The average molecular weight is 258 g/mol. The summed E-state index contributed by atoms with van der Waals surface area (Å²) in [5, 5.41) is 3.29. The zero-order valence-electron chi connectivity index (χ0n) is 11.1. The highest BCUT2D eigenvalue weighted by molar-refractivity contribution is 5.74. The van der Waals surface area contributed by atoms with Crippen LogP contribution in [0.25, 0.3) is 0 Å². The van der Waals surface area contributed by atoms with E-state index in [0.717, 1.165) is 22.7 Å². The Labute approximate surface area is 113 Å². The summed E-state index contributed by atoms with van der Waals surface area (Å²) in [6, 6.07) is 13.5. The molecule has 0 radical (unpaired) electrons. The van der Waals surface area contributed by atoms with Gasteiger partial charge in [-0.2, -0.15) is 0 Å². The van der Waals surface area contributed by atoms with Gasteiger partial charge in [0.15, 0.2) is 0 Å². The Bertz CT molecular complexity index is 556. The fourth-order valence-electron chi connectivity index (χ4n) is 1.83. The summed E-state index contributed by atoms with van der Waals surface area (Å²) in [6.07, 6.45) is 0. The molecule has 100 valence electrons. The summed E-state index contributed by atoms with van der Waals surface area (Å²) >= 11 is 0. The number of nitrogens with two attached hydrogens (primary N) is 1. The summed E-state index contributed by atoms with van der Waals surface area (Å²) in [7, 11) is 3.31. The van der Waals surface area contributed by atoms with Gasteiger partial charge in [-0.25, -0.2) is 0 Å². The first-order valence-electron chi connectivity index (χ1n) is 6.01. The van der Waals surface area contributed by atoms with E-state index in [0.29, 0.717) is 12.3 Å². The van der Waals surface area contributed by atoms with Gasteiger partial charge in [-0.15, -0.1) is 0 Å². The monoisotopic (exact) mass is 258 g/mol. The number of nitrogen functional groups attached to an aromatic ring is 1. The molecule has 19 heavy (non-hydrogen) atoms. The van der Waals surface area contributed by atoms with Crippen molar-refractivity contribution in [1.82, 2.24) is 0 Å². The van der Waals surface area contributed by atoms with E-state index in [2.05, 4.69) is 5.32 Å². The van der Waals surface area contributed by atoms with Crippen molar-refractivity contribution in [3.05, 3.63) is 48.0 Å². The first-order chi connectivity index (χ1) is 9.22. The molecule has 0 aliphatic carbocycles. The molecular formula is C15H18N2O2. The summed E-state index contributed by atoms with van der Waals surface area (Å²) in [5.74, 6) is 0.768. The number of anilines is 3. The van der Waals surface area contributed by atoms with E-state index in [4.69, 9.17) is 15.2 Å². The Balaban J connectivity index is 2.22. The number of nitrogens with one attached hydrogen (secondary N) is 1. The van der Waals surface area contributed by atoms with Crippen LogP contribution in [0.15, 0.2) is 42.5 Å². The first-order valence-corrected chi connectivity index (χ1v) is 6.01. The largest absolute Gasteiger partial charge is 0.497 e. The molecule has 0 heterocycles. The molecule has 2 aromatic carbocycles. The number of benzene rings is 2. The second-order valence-corrected chi connectivity index (χ2v) is 4.21. The molecule has 0 unspecified atom stereocenters. The molecule has 0 spiro atoms. The molecule has 0 saturated heterocycles. The van der Waals surface area contributed by atoms with E-state index in [1.165, 1.54) is 0 Å². The van der Waals surface area contributed by atoms with E-state index in [1.54, 1.807) is 14.2 Å². The standard InChI is InChI=1S/C15H18N2O2/c1-18-10-11-4-3-5-12(8-11)17-15-9-13(19-2)6-7-14(15)16/h3-9,17H,10,16H2,1-2H3. The lowest BCUT2D eigenvalue weighted by molar-refractivity contribution is 0.185. The normalized spacial score (nSPS) is 10.2. The Kier molecular flexibility index (Phi) is 4.26. The Morgan fingerprint density at radius 3 is 2.68 bits per heavy atom. The van der Waals surface area contributed by atoms with Gasteiger partial charge in [0.25, 0.3) is 0 Å². The second kappa shape index (κ2) is 6.11. The second-order valence-electron chi connectivity index (χ2n) is 4.21. The van der Waals surface area contributed by atoms with Gasteiger partial charge in [0.05, 0.1) is 25.1 Å². The van der Waals surface area contributed by atoms with Crippen molar-refractivity contribution in [2.24, 2.45) is 0 Å². The third-order valence-corrected chi connectivity index (χ3v) is 2.78. The van der Waals surface area contributed by atoms with Gasteiger partial charge in [0.1, 0.15) is 5.75 Å². The molecule has 0 amide bonds. The average Bonchev–Trinajstić information content (AvgIpc) is 2.42. The predicted octanol–water partition coefficient (Wildman–Crippen LogP) is 3.17. The van der Waals surface area contributed by atoms with Crippen LogP contribution >= 0.6 is 0 Å². The molecule has 2 aromatic rings. The van der Waals surface area contributed by atoms with Gasteiger partial charge >= 0.3 is 0 Å². The highest BCUT2D eigenvalue weighted by Crippen LogP contribution is 2.27. The zero-order valence-corrected chi connectivity index (χ0v) is 11.1. The smallest absolute Gasteiger partial charge is 0.121 e. The molecule has 2 rings (SSSR count). The molecule has 0 aliphatic rings. The van der Waals surface area contributed by atoms with Crippen molar-refractivity contribution in [2.75, 3.05) is 25.3 Å². The van der Waals surface area contributed by atoms with Crippen LogP contribution in [0.1, 0.15) is 5.56 Å². The summed E-state index contributed by atoms with van der Waals surface area (Å²) in [6.45, 7) is 0.586. The van der Waals surface area contributed by atoms with E-state index < -0.39 is 0 Å². The fourth-order valence-corrected chi connectivity index (χ4v) is 1.83. The maximum absolute atomic E-state index is 5.95. The van der Waals surface area contributed by atoms with E-state index in [-0.39, 0.29) is 0 Å². The van der Waals surface area contributed by atoms with Crippen LogP contribution in [0.2, 0.25) is 0 Å². The lowest BCUT2D eigenvalue weighted by Crippen LogP contribution is -1.98. The summed E-state index contributed by atoms with van der Waals surface area (Å²) in [4.78, 5) is 0. The molecule has 0 fully saturated rings. The number of hydrogen-bond acceptors (Lipinski definition) is 4. The molecule has 0 bridgehead atoms. The lowest BCUT2D eigenvalue weighted by atomic mass is 10.2. The van der Waals surface area contributed by atoms with Gasteiger partial charge in [-0.1, -0.05) is 12.1 Å². The van der Waals surface area contributed by atoms with E-state index >= 15 is 0 Å². The topological polar surface area (TPSA) is 56.5 Å². The fraction of sp³-hybridized carbons (Fsp3) is 0.200. The van der Waals surface area contributed by atoms with Gasteiger partial charge in [-0.05, 0) is 29.8 Å². The minimum Gasteiger partial charge on any atom is -0.497 e. The van der Waals surface area contributed by atoms with E-state index in [1.807, 2.05) is 42.5 Å². The predicted molar refractivity (Wildman–Crippen MR) is 77.8 cm³/mol.